The number of hydrogen-bond donors (Lipinski definition) is 0. The van der Waals surface area contributed by atoms with Crippen molar-refractivity contribution in [1.82, 2.24) is 4.90 Å². The summed E-state index contributed by atoms with van der Waals surface area (Å²) in [5.74, 6) is 0. The summed E-state index contributed by atoms with van der Waals surface area (Å²) in [5.41, 5.74) is 0.814. The first-order valence-electron chi connectivity index (χ1n) is 6.89. The molecular formula is C14H29NSi. The molecule has 16 heavy (non-hydrogen) atoms. The molecule has 1 unspecified atom stereocenters. The van der Waals surface area contributed by atoms with Gasteiger partial charge in [-0.15, -0.1) is 0 Å². The lowest BCUT2D eigenvalue weighted by Gasteiger charge is -2.26. The van der Waals surface area contributed by atoms with Crippen LogP contribution in [0.15, 0.2) is 12.2 Å². The van der Waals surface area contributed by atoms with Gasteiger partial charge < -0.3 is 4.90 Å². The van der Waals surface area contributed by atoms with Crippen molar-refractivity contribution in [3.8, 4) is 0 Å². The molecule has 1 rings (SSSR count). The van der Waals surface area contributed by atoms with E-state index in [0.29, 0.717) is 0 Å². The lowest BCUT2D eigenvalue weighted by atomic mass is 10.1. The van der Waals surface area contributed by atoms with Gasteiger partial charge in [0.15, 0.2) is 0 Å². The maximum atomic E-state index is 2.62. The maximum absolute atomic E-state index is 2.62. The van der Waals surface area contributed by atoms with Gasteiger partial charge in [-0.1, -0.05) is 45.1 Å². The van der Waals surface area contributed by atoms with Crippen LogP contribution in [0.1, 0.15) is 32.6 Å². The average molecular weight is 239 g/mol. The van der Waals surface area contributed by atoms with E-state index in [9.17, 15) is 0 Å². The van der Waals surface area contributed by atoms with Crippen molar-refractivity contribution in [1.29, 1.82) is 0 Å². The second-order valence-electron chi connectivity index (χ2n) is 6.27. The van der Waals surface area contributed by atoms with Crippen LogP contribution in [0.25, 0.3) is 0 Å². The highest BCUT2D eigenvalue weighted by atomic mass is 28.3. The van der Waals surface area contributed by atoms with Gasteiger partial charge in [-0.2, -0.15) is 0 Å². The van der Waals surface area contributed by atoms with Gasteiger partial charge in [-0.3, -0.25) is 0 Å². The van der Waals surface area contributed by atoms with Crippen LogP contribution in [0.4, 0.5) is 0 Å². The molecule has 0 radical (unpaired) electrons. The molecule has 0 spiro atoms. The highest BCUT2D eigenvalue weighted by Crippen LogP contribution is 2.22. The van der Waals surface area contributed by atoms with Crippen LogP contribution < -0.4 is 0 Å². The molecule has 1 heterocycles. The van der Waals surface area contributed by atoms with Crippen molar-refractivity contribution >= 4 is 8.07 Å². The summed E-state index contributed by atoms with van der Waals surface area (Å²) in [7, 11) is -0.951. The molecular weight excluding hydrogens is 210 g/mol. The van der Waals surface area contributed by atoms with Crippen LogP contribution in [-0.2, 0) is 0 Å². The van der Waals surface area contributed by atoms with E-state index in [4.69, 9.17) is 0 Å². The molecule has 0 N–H and O–H groups in total. The molecule has 0 saturated carbocycles. The Labute approximate surface area is 103 Å². The minimum absolute atomic E-state index is 0.814. The Morgan fingerprint density at radius 1 is 1.12 bits per heavy atom. The summed E-state index contributed by atoms with van der Waals surface area (Å²) < 4.78 is 0. The van der Waals surface area contributed by atoms with Crippen molar-refractivity contribution in [2.45, 2.75) is 57.8 Å². The first kappa shape index (κ1) is 14.0. The molecule has 1 atom stereocenters. The Bertz CT molecular complexity index is 211. The first-order valence-corrected chi connectivity index (χ1v) is 10.5. The molecule has 1 saturated heterocycles. The molecule has 0 aromatic rings. The monoisotopic (exact) mass is 239 g/mol. The van der Waals surface area contributed by atoms with Crippen molar-refractivity contribution in [3.05, 3.63) is 12.2 Å². The molecule has 1 aliphatic heterocycles. The summed E-state index contributed by atoms with van der Waals surface area (Å²) in [6.07, 6.45) is 10.4. The number of rotatable bonds is 5. The molecule has 1 fully saturated rings. The van der Waals surface area contributed by atoms with Crippen LogP contribution in [0.5, 0.6) is 0 Å². The second-order valence-corrected chi connectivity index (χ2v) is 11.9. The van der Waals surface area contributed by atoms with Gasteiger partial charge in [0.25, 0.3) is 0 Å². The van der Waals surface area contributed by atoms with E-state index in [1.54, 1.807) is 0 Å². The SMILES string of the molecule is CC(C=CCCN1CCCCC1)[Si](C)(C)C. The molecule has 0 bridgehead atoms. The van der Waals surface area contributed by atoms with Crippen LogP contribution >= 0.6 is 0 Å². The molecule has 1 aliphatic rings. The van der Waals surface area contributed by atoms with Gasteiger partial charge in [0.1, 0.15) is 0 Å². The summed E-state index contributed by atoms with van der Waals surface area (Å²) in [6.45, 7) is 13.7. The minimum Gasteiger partial charge on any atom is -0.303 e. The van der Waals surface area contributed by atoms with Crippen LogP contribution in [0.2, 0.25) is 25.2 Å². The van der Waals surface area contributed by atoms with Crippen molar-refractivity contribution in [3.63, 3.8) is 0 Å². The van der Waals surface area contributed by atoms with E-state index < -0.39 is 8.07 Å². The van der Waals surface area contributed by atoms with Crippen LogP contribution in [-0.4, -0.2) is 32.6 Å². The summed E-state index contributed by atoms with van der Waals surface area (Å²) in [4.78, 5) is 2.62. The standard InChI is InChI=1S/C14H29NSi/c1-14(16(2,3)4)10-6-9-13-15-11-7-5-8-12-15/h6,10,14H,5,7-9,11-13H2,1-4H3. The van der Waals surface area contributed by atoms with E-state index in [-0.39, 0.29) is 0 Å². The fourth-order valence-corrected chi connectivity index (χ4v) is 2.74. The molecule has 1 nitrogen and oxygen atoms in total. The van der Waals surface area contributed by atoms with Gasteiger partial charge in [0, 0.05) is 6.54 Å². The fraction of sp³-hybridized carbons (Fsp3) is 0.857. The molecule has 0 aliphatic carbocycles. The number of likely N-dealkylation sites (tertiary alicyclic amines) is 1. The summed E-state index contributed by atoms with van der Waals surface area (Å²) >= 11 is 0. The third-order valence-corrected chi connectivity index (χ3v) is 6.78. The Balaban J connectivity index is 2.16. The van der Waals surface area contributed by atoms with Gasteiger partial charge >= 0.3 is 0 Å². The Morgan fingerprint density at radius 3 is 2.31 bits per heavy atom. The Kier molecular flexibility index (Phi) is 5.77. The van der Waals surface area contributed by atoms with Gasteiger partial charge in [-0.25, -0.2) is 0 Å². The van der Waals surface area contributed by atoms with Crippen LogP contribution in [0.3, 0.4) is 0 Å². The predicted octanol–water partition coefficient (Wildman–Crippen LogP) is 4.15. The fourth-order valence-electron chi connectivity index (χ4n) is 2.03. The zero-order valence-electron chi connectivity index (χ0n) is 11.6. The third-order valence-electron chi connectivity index (χ3n) is 3.85. The highest BCUT2D eigenvalue weighted by Gasteiger charge is 2.19. The van der Waals surface area contributed by atoms with Crippen LogP contribution in [0, 0.1) is 0 Å². The quantitative estimate of drug-likeness (QED) is 0.515. The number of allylic oxidation sites excluding steroid dienone is 1. The summed E-state index contributed by atoms with van der Waals surface area (Å²) in [6, 6.07) is 0. The zero-order chi connectivity index (χ0) is 12.0. The third kappa shape index (κ3) is 5.31. The second kappa shape index (κ2) is 6.60. The Morgan fingerprint density at radius 2 is 1.75 bits per heavy atom. The summed E-state index contributed by atoms with van der Waals surface area (Å²) in [5, 5.41) is 0. The molecule has 0 amide bonds. The van der Waals surface area contributed by atoms with Gasteiger partial charge in [-0.05, 0) is 37.9 Å². The average Bonchev–Trinajstić information content (AvgIpc) is 2.24. The maximum Gasteiger partial charge on any atom is 0.0510 e. The largest absolute Gasteiger partial charge is 0.303 e. The lowest BCUT2D eigenvalue weighted by Crippen LogP contribution is -2.30. The van der Waals surface area contributed by atoms with Gasteiger partial charge in [0.2, 0.25) is 0 Å². The molecule has 0 aromatic heterocycles. The number of piperidine rings is 1. The molecule has 0 aromatic carbocycles. The Hall–Kier alpha value is -0.0831. The van der Waals surface area contributed by atoms with E-state index >= 15 is 0 Å². The van der Waals surface area contributed by atoms with E-state index in [1.165, 1.54) is 45.3 Å². The predicted molar refractivity (Wildman–Crippen MR) is 76.8 cm³/mol. The normalized spacial score (nSPS) is 21.5. The first-order chi connectivity index (χ1) is 7.50. The lowest BCUT2D eigenvalue weighted by molar-refractivity contribution is 0.233. The van der Waals surface area contributed by atoms with E-state index in [1.807, 2.05) is 0 Å². The minimum atomic E-state index is -0.951. The molecule has 94 valence electrons. The topological polar surface area (TPSA) is 3.24 Å². The van der Waals surface area contributed by atoms with Crippen molar-refractivity contribution in [2.24, 2.45) is 0 Å². The zero-order valence-corrected chi connectivity index (χ0v) is 12.6. The number of hydrogen-bond acceptors (Lipinski definition) is 1. The van der Waals surface area contributed by atoms with E-state index in [0.717, 1.165) is 5.54 Å². The smallest absolute Gasteiger partial charge is 0.0510 e. The number of nitrogens with zero attached hydrogens (tertiary/aromatic N) is 1. The van der Waals surface area contributed by atoms with Gasteiger partial charge in [0.05, 0.1) is 8.07 Å². The molecule has 2 heteroatoms. The van der Waals surface area contributed by atoms with Crippen molar-refractivity contribution < 1.29 is 0 Å². The highest BCUT2D eigenvalue weighted by molar-refractivity contribution is 6.77. The van der Waals surface area contributed by atoms with Crippen molar-refractivity contribution in [2.75, 3.05) is 19.6 Å². The van der Waals surface area contributed by atoms with E-state index in [2.05, 4.69) is 43.6 Å².